The number of methoxy groups -OCH3 is 1. The molecule has 2 fully saturated rings. The number of amides is 3. The van der Waals surface area contributed by atoms with E-state index in [9.17, 15) is 14.4 Å². The van der Waals surface area contributed by atoms with Crippen molar-refractivity contribution in [2.24, 2.45) is 5.92 Å². The Hall–Kier alpha value is -1.64. The molecule has 0 bridgehead atoms. The number of cyclic esters (lactones) is 1. The molecule has 8 nitrogen and oxygen atoms in total. The lowest BCUT2D eigenvalue weighted by Crippen LogP contribution is -2.54. The fourth-order valence-corrected chi connectivity index (χ4v) is 4.33. The second kappa shape index (κ2) is 10.8. The van der Waals surface area contributed by atoms with Gasteiger partial charge in [-0.15, -0.1) is 0 Å². The molecule has 2 aliphatic rings. The van der Waals surface area contributed by atoms with Crippen LogP contribution >= 0.6 is 11.8 Å². The highest BCUT2D eigenvalue weighted by Crippen LogP contribution is 2.27. The molecule has 0 saturated carbocycles. The number of nitrogens with one attached hydrogen (secondary N) is 1. The van der Waals surface area contributed by atoms with Gasteiger partial charge in [0.05, 0.1) is 13.2 Å². The zero-order valence-electron chi connectivity index (χ0n) is 17.3. The molecule has 2 atom stereocenters. The molecule has 0 aromatic carbocycles. The largest absolute Gasteiger partial charge is 0.467 e. The van der Waals surface area contributed by atoms with Gasteiger partial charge in [0.1, 0.15) is 12.6 Å². The Bertz CT molecular complexity index is 552. The number of hydrogen-bond donors (Lipinski definition) is 1. The Kier molecular flexibility index (Phi) is 8.72. The summed E-state index contributed by atoms with van der Waals surface area (Å²) in [7, 11) is 1.33. The predicted octanol–water partition coefficient (Wildman–Crippen LogP) is 2.32. The lowest BCUT2D eigenvalue weighted by Gasteiger charge is -2.38. The molecule has 2 rings (SSSR count). The minimum absolute atomic E-state index is 0.0932. The average Bonchev–Trinajstić information content (AvgIpc) is 3.03. The maximum absolute atomic E-state index is 12.6. The van der Waals surface area contributed by atoms with E-state index in [1.54, 1.807) is 16.7 Å². The first-order chi connectivity index (χ1) is 13.4. The average molecular weight is 416 g/mol. The summed E-state index contributed by atoms with van der Waals surface area (Å²) in [4.78, 5) is 40.3. The molecule has 0 aromatic heterocycles. The molecule has 28 heavy (non-hydrogen) atoms. The number of urea groups is 1. The number of carbonyl (C=O) groups is 3. The van der Waals surface area contributed by atoms with Crippen molar-refractivity contribution in [3.05, 3.63) is 0 Å². The van der Waals surface area contributed by atoms with E-state index in [-0.39, 0.29) is 24.2 Å². The number of thioether (sulfide) groups is 1. The van der Waals surface area contributed by atoms with Crippen molar-refractivity contribution in [3.63, 3.8) is 0 Å². The van der Waals surface area contributed by atoms with Gasteiger partial charge in [-0.1, -0.05) is 13.8 Å². The SMILES string of the molecule is COC(=O)C(CCSC)NC(=O)N1CCC(N2C(=O)OCC2CC(C)C)CC1. The highest BCUT2D eigenvalue weighted by atomic mass is 32.2. The fraction of sp³-hybridized carbons (Fsp3) is 0.842. The van der Waals surface area contributed by atoms with E-state index < -0.39 is 12.0 Å². The van der Waals surface area contributed by atoms with Crippen LogP contribution in [-0.4, -0.2) is 84.8 Å². The Morgan fingerprint density at radius 2 is 2.00 bits per heavy atom. The molecule has 0 spiro atoms. The number of ether oxygens (including phenoxy) is 2. The summed E-state index contributed by atoms with van der Waals surface area (Å²) in [5, 5.41) is 2.79. The number of esters is 1. The summed E-state index contributed by atoms with van der Waals surface area (Å²) in [6.45, 7) is 5.83. The van der Waals surface area contributed by atoms with Crippen molar-refractivity contribution < 1.29 is 23.9 Å². The first-order valence-electron chi connectivity index (χ1n) is 9.94. The van der Waals surface area contributed by atoms with Crippen LogP contribution < -0.4 is 5.32 Å². The van der Waals surface area contributed by atoms with Crippen LogP contribution in [0.4, 0.5) is 9.59 Å². The van der Waals surface area contributed by atoms with E-state index >= 15 is 0 Å². The third-order valence-electron chi connectivity index (χ3n) is 5.29. The Balaban J connectivity index is 1.88. The zero-order chi connectivity index (χ0) is 20.7. The van der Waals surface area contributed by atoms with Crippen LogP contribution in [0.2, 0.25) is 0 Å². The topological polar surface area (TPSA) is 88.2 Å². The van der Waals surface area contributed by atoms with Gasteiger partial charge in [-0.2, -0.15) is 11.8 Å². The molecule has 0 aromatic rings. The number of nitrogens with zero attached hydrogens (tertiary/aromatic N) is 2. The summed E-state index contributed by atoms with van der Waals surface area (Å²) in [5.74, 6) is 0.828. The van der Waals surface area contributed by atoms with Crippen molar-refractivity contribution in [2.45, 2.75) is 57.7 Å². The molecule has 0 aliphatic carbocycles. The lowest BCUT2D eigenvalue weighted by molar-refractivity contribution is -0.142. The summed E-state index contributed by atoms with van der Waals surface area (Å²) < 4.78 is 10.1. The monoisotopic (exact) mass is 415 g/mol. The lowest BCUT2D eigenvalue weighted by atomic mass is 9.98. The van der Waals surface area contributed by atoms with Gasteiger partial charge in [0.2, 0.25) is 0 Å². The first kappa shape index (κ1) is 22.6. The second-order valence-corrected chi connectivity index (χ2v) is 8.78. The van der Waals surface area contributed by atoms with E-state index in [2.05, 4.69) is 19.2 Å². The Morgan fingerprint density at radius 3 is 2.57 bits per heavy atom. The van der Waals surface area contributed by atoms with Gasteiger partial charge in [-0.05, 0) is 43.6 Å². The van der Waals surface area contributed by atoms with Crippen molar-refractivity contribution >= 4 is 29.9 Å². The van der Waals surface area contributed by atoms with E-state index in [1.807, 2.05) is 11.2 Å². The summed E-state index contributed by atoms with van der Waals surface area (Å²) in [5.41, 5.74) is 0. The van der Waals surface area contributed by atoms with Crippen molar-refractivity contribution in [2.75, 3.05) is 38.8 Å². The standard InChI is InChI=1S/C19H33N3O5S/c1-13(2)11-15-12-27-19(25)22(15)14-5-8-21(9-6-14)18(24)20-16(7-10-28-4)17(23)26-3/h13-16H,5-12H2,1-4H3,(H,20,24). The number of piperidine rings is 1. The van der Waals surface area contributed by atoms with E-state index in [0.29, 0.717) is 44.9 Å². The first-order valence-corrected chi connectivity index (χ1v) is 11.3. The second-order valence-electron chi connectivity index (χ2n) is 7.79. The highest BCUT2D eigenvalue weighted by molar-refractivity contribution is 7.98. The molecule has 160 valence electrons. The molecule has 2 heterocycles. The molecule has 2 unspecified atom stereocenters. The summed E-state index contributed by atoms with van der Waals surface area (Å²) in [6.07, 6.45) is 4.60. The zero-order valence-corrected chi connectivity index (χ0v) is 18.1. The number of carbonyl (C=O) groups excluding carboxylic acids is 3. The van der Waals surface area contributed by atoms with Gasteiger partial charge < -0.3 is 19.7 Å². The van der Waals surface area contributed by atoms with E-state index in [0.717, 1.165) is 12.2 Å². The minimum Gasteiger partial charge on any atom is -0.467 e. The van der Waals surface area contributed by atoms with Gasteiger partial charge in [0, 0.05) is 19.1 Å². The fourth-order valence-electron chi connectivity index (χ4n) is 3.86. The van der Waals surface area contributed by atoms with Crippen LogP contribution in [0.3, 0.4) is 0 Å². The van der Waals surface area contributed by atoms with Crippen LogP contribution in [0, 0.1) is 5.92 Å². The smallest absolute Gasteiger partial charge is 0.410 e. The number of likely N-dealkylation sites (tertiary alicyclic amines) is 1. The highest BCUT2D eigenvalue weighted by Gasteiger charge is 2.40. The van der Waals surface area contributed by atoms with Gasteiger partial charge >= 0.3 is 18.1 Å². The molecule has 0 radical (unpaired) electrons. The Morgan fingerprint density at radius 1 is 1.32 bits per heavy atom. The van der Waals surface area contributed by atoms with E-state index in [1.165, 1.54) is 7.11 Å². The maximum atomic E-state index is 12.6. The van der Waals surface area contributed by atoms with Gasteiger partial charge in [0.25, 0.3) is 0 Å². The summed E-state index contributed by atoms with van der Waals surface area (Å²) >= 11 is 1.62. The third kappa shape index (κ3) is 5.93. The summed E-state index contributed by atoms with van der Waals surface area (Å²) in [6, 6.07) is -0.673. The minimum atomic E-state index is -0.633. The maximum Gasteiger partial charge on any atom is 0.410 e. The third-order valence-corrected chi connectivity index (χ3v) is 5.93. The van der Waals surface area contributed by atoms with Crippen molar-refractivity contribution in [3.8, 4) is 0 Å². The normalized spacial score (nSPS) is 21.6. The predicted molar refractivity (Wildman–Crippen MR) is 108 cm³/mol. The van der Waals surface area contributed by atoms with Crippen LogP contribution in [0.15, 0.2) is 0 Å². The van der Waals surface area contributed by atoms with Crippen LogP contribution in [0.1, 0.15) is 39.5 Å². The molecule has 2 aliphatic heterocycles. The number of rotatable bonds is 8. The van der Waals surface area contributed by atoms with Crippen LogP contribution in [-0.2, 0) is 14.3 Å². The van der Waals surface area contributed by atoms with Crippen LogP contribution in [0.5, 0.6) is 0 Å². The quantitative estimate of drug-likeness (QED) is 0.612. The van der Waals surface area contributed by atoms with Gasteiger partial charge in [-0.3, -0.25) is 4.90 Å². The van der Waals surface area contributed by atoms with E-state index in [4.69, 9.17) is 9.47 Å². The van der Waals surface area contributed by atoms with Crippen molar-refractivity contribution in [1.29, 1.82) is 0 Å². The molecular formula is C19H33N3O5S. The van der Waals surface area contributed by atoms with Crippen LogP contribution in [0.25, 0.3) is 0 Å². The van der Waals surface area contributed by atoms with Crippen molar-refractivity contribution in [1.82, 2.24) is 15.1 Å². The molecule has 2 saturated heterocycles. The number of hydrogen-bond acceptors (Lipinski definition) is 6. The molecule has 9 heteroatoms. The molecular weight excluding hydrogens is 382 g/mol. The van der Waals surface area contributed by atoms with Gasteiger partial charge in [-0.25, -0.2) is 14.4 Å². The van der Waals surface area contributed by atoms with Gasteiger partial charge in [0.15, 0.2) is 0 Å². The molecule has 3 amide bonds. The Labute approximate surface area is 171 Å². The molecule has 1 N–H and O–H groups in total.